The van der Waals surface area contributed by atoms with Crippen LogP contribution in [0, 0.1) is 5.92 Å². The first-order valence-electron chi connectivity index (χ1n) is 4.28. The van der Waals surface area contributed by atoms with E-state index >= 15 is 0 Å². The second kappa shape index (κ2) is 3.96. The Bertz CT molecular complexity index is 178. The van der Waals surface area contributed by atoms with Crippen molar-refractivity contribution in [1.82, 2.24) is 0 Å². The number of hydrogen-bond donors (Lipinski definition) is 2. The Kier molecular flexibility index (Phi) is 3.35. The maximum atomic E-state index is 9.76. The van der Waals surface area contributed by atoms with E-state index in [-0.39, 0.29) is 19.1 Å². The quantitative estimate of drug-likeness (QED) is 0.548. The van der Waals surface area contributed by atoms with Gasteiger partial charge in [0, 0.05) is 19.0 Å². The van der Waals surface area contributed by atoms with Crippen molar-refractivity contribution in [2.45, 2.75) is 24.6 Å². The molecular formula is C8H15BO4. The molecule has 2 N–H and O–H groups in total. The van der Waals surface area contributed by atoms with Gasteiger partial charge < -0.3 is 19.7 Å². The van der Waals surface area contributed by atoms with E-state index in [2.05, 4.69) is 0 Å². The van der Waals surface area contributed by atoms with Crippen LogP contribution in [0.5, 0.6) is 0 Å². The Morgan fingerprint density at radius 3 is 2.54 bits per heavy atom. The van der Waals surface area contributed by atoms with Crippen LogP contribution in [-0.2, 0) is 9.47 Å². The molecule has 0 spiro atoms. The van der Waals surface area contributed by atoms with Gasteiger partial charge in [-0.1, -0.05) is 6.92 Å². The van der Waals surface area contributed by atoms with Crippen molar-refractivity contribution in [3.8, 4) is 0 Å². The highest BCUT2D eigenvalue weighted by molar-refractivity contribution is 6.11. The standard InChI is InChI=1S/C8H15BO4/c1-5-6(11)8(3-10,4-12-2)13-7(5)9/h5-7,10-11H,3-4H2,1-2H3. The predicted molar refractivity (Wildman–Crippen MR) is 47.5 cm³/mol. The van der Waals surface area contributed by atoms with Gasteiger partial charge in [0.05, 0.1) is 19.3 Å². The first-order chi connectivity index (χ1) is 6.07. The summed E-state index contributed by atoms with van der Waals surface area (Å²) in [7, 11) is 7.09. The molecule has 1 heterocycles. The van der Waals surface area contributed by atoms with E-state index in [1.165, 1.54) is 7.11 Å². The Morgan fingerprint density at radius 1 is 1.62 bits per heavy atom. The number of aliphatic hydroxyl groups excluding tert-OH is 2. The number of aliphatic hydroxyl groups is 2. The lowest BCUT2D eigenvalue weighted by atomic mass is 9.83. The summed E-state index contributed by atoms with van der Waals surface area (Å²) >= 11 is 0. The van der Waals surface area contributed by atoms with Gasteiger partial charge in [0.15, 0.2) is 0 Å². The molecule has 0 aromatic heterocycles. The highest BCUT2D eigenvalue weighted by atomic mass is 16.6. The van der Waals surface area contributed by atoms with Crippen LogP contribution in [0.4, 0.5) is 0 Å². The van der Waals surface area contributed by atoms with Crippen LogP contribution >= 0.6 is 0 Å². The topological polar surface area (TPSA) is 58.9 Å². The van der Waals surface area contributed by atoms with Gasteiger partial charge in [-0.2, -0.15) is 0 Å². The van der Waals surface area contributed by atoms with Crippen LogP contribution in [0.2, 0.25) is 0 Å². The minimum atomic E-state index is -1.05. The first kappa shape index (κ1) is 11.0. The van der Waals surface area contributed by atoms with Crippen LogP contribution in [0.1, 0.15) is 6.92 Å². The molecule has 13 heavy (non-hydrogen) atoms. The van der Waals surface area contributed by atoms with Gasteiger partial charge in [-0.15, -0.1) is 0 Å². The third kappa shape index (κ3) is 1.74. The van der Waals surface area contributed by atoms with Crippen LogP contribution < -0.4 is 0 Å². The fraction of sp³-hybridized carbons (Fsp3) is 1.00. The maximum absolute atomic E-state index is 9.76. The van der Waals surface area contributed by atoms with Crippen molar-refractivity contribution >= 4 is 7.85 Å². The fourth-order valence-electron chi connectivity index (χ4n) is 1.65. The van der Waals surface area contributed by atoms with Crippen LogP contribution in [0.15, 0.2) is 0 Å². The van der Waals surface area contributed by atoms with E-state index in [4.69, 9.17) is 22.4 Å². The molecule has 4 atom stereocenters. The largest absolute Gasteiger partial charge is 0.393 e. The Morgan fingerprint density at radius 2 is 2.23 bits per heavy atom. The van der Waals surface area contributed by atoms with Gasteiger partial charge >= 0.3 is 0 Å². The second-order valence-corrected chi connectivity index (χ2v) is 3.54. The van der Waals surface area contributed by atoms with E-state index in [1.807, 2.05) is 0 Å². The van der Waals surface area contributed by atoms with Gasteiger partial charge in [-0.25, -0.2) is 0 Å². The first-order valence-corrected chi connectivity index (χ1v) is 4.28. The lowest BCUT2D eigenvalue weighted by Gasteiger charge is -2.29. The van der Waals surface area contributed by atoms with Crippen molar-refractivity contribution in [2.24, 2.45) is 5.92 Å². The average molecular weight is 186 g/mol. The van der Waals surface area contributed by atoms with Crippen LogP contribution in [0.25, 0.3) is 0 Å². The Balaban J connectivity index is 2.76. The monoisotopic (exact) mass is 186 g/mol. The van der Waals surface area contributed by atoms with Crippen molar-refractivity contribution in [2.75, 3.05) is 20.3 Å². The molecule has 0 saturated carbocycles. The number of methoxy groups -OCH3 is 1. The lowest BCUT2D eigenvalue weighted by molar-refractivity contribution is -0.131. The molecule has 4 unspecified atom stereocenters. The molecule has 0 aliphatic carbocycles. The lowest BCUT2D eigenvalue weighted by Crippen LogP contribution is -2.48. The fourth-order valence-corrected chi connectivity index (χ4v) is 1.65. The Labute approximate surface area is 79.3 Å². The maximum Gasteiger partial charge on any atom is 0.140 e. The molecule has 1 aliphatic rings. The summed E-state index contributed by atoms with van der Waals surface area (Å²) in [5.41, 5.74) is -1.05. The molecule has 1 aliphatic heterocycles. The van der Waals surface area contributed by atoms with E-state index in [9.17, 15) is 5.11 Å². The van der Waals surface area contributed by atoms with Crippen LogP contribution in [-0.4, -0.2) is 56.1 Å². The zero-order valence-electron chi connectivity index (χ0n) is 7.93. The SMILES string of the molecule is [B]C1OC(CO)(COC)C(O)C1C. The molecule has 1 rings (SSSR count). The summed E-state index contributed by atoms with van der Waals surface area (Å²) < 4.78 is 10.2. The zero-order chi connectivity index (χ0) is 10.1. The molecule has 0 amide bonds. The molecule has 0 aromatic rings. The minimum Gasteiger partial charge on any atom is -0.393 e. The molecule has 2 radical (unpaired) electrons. The van der Waals surface area contributed by atoms with Gasteiger partial charge in [0.2, 0.25) is 0 Å². The predicted octanol–water partition coefficient (Wildman–Crippen LogP) is -1.11. The van der Waals surface area contributed by atoms with Gasteiger partial charge in [0.1, 0.15) is 13.4 Å². The highest BCUT2D eigenvalue weighted by Gasteiger charge is 2.50. The molecule has 0 aromatic carbocycles. The van der Waals surface area contributed by atoms with Gasteiger partial charge in [0.25, 0.3) is 0 Å². The molecule has 5 heteroatoms. The number of ether oxygens (including phenoxy) is 2. The van der Waals surface area contributed by atoms with Crippen molar-refractivity contribution in [1.29, 1.82) is 0 Å². The summed E-state index contributed by atoms with van der Waals surface area (Å²) in [5.74, 6) is -0.192. The summed E-state index contributed by atoms with van der Waals surface area (Å²) in [4.78, 5) is 0. The summed E-state index contributed by atoms with van der Waals surface area (Å²) in [6, 6.07) is -0.544. The smallest absolute Gasteiger partial charge is 0.140 e. The molecule has 4 nitrogen and oxygen atoms in total. The van der Waals surface area contributed by atoms with Gasteiger partial charge in [-0.05, 0) is 0 Å². The van der Waals surface area contributed by atoms with Crippen molar-refractivity contribution in [3.63, 3.8) is 0 Å². The molecule has 74 valence electrons. The van der Waals surface area contributed by atoms with Crippen LogP contribution in [0.3, 0.4) is 0 Å². The van der Waals surface area contributed by atoms with E-state index in [0.29, 0.717) is 0 Å². The van der Waals surface area contributed by atoms with Crippen molar-refractivity contribution < 1.29 is 19.7 Å². The second-order valence-electron chi connectivity index (χ2n) is 3.54. The normalized spacial score (nSPS) is 45.4. The molecule has 1 fully saturated rings. The zero-order valence-corrected chi connectivity index (χ0v) is 7.93. The number of rotatable bonds is 3. The van der Waals surface area contributed by atoms with E-state index in [1.54, 1.807) is 6.92 Å². The van der Waals surface area contributed by atoms with Crippen molar-refractivity contribution in [3.05, 3.63) is 0 Å². The summed E-state index contributed by atoms with van der Waals surface area (Å²) in [6.07, 6.45) is -0.785. The highest BCUT2D eigenvalue weighted by Crippen LogP contribution is 2.33. The molecular weight excluding hydrogens is 171 g/mol. The van der Waals surface area contributed by atoms with Gasteiger partial charge in [-0.3, -0.25) is 0 Å². The van der Waals surface area contributed by atoms with E-state index < -0.39 is 17.7 Å². The number of hydrogen-bond acceptors (Lipinski definition) is 4. The average Bonchev–Trinajstić information content (AvgIpc) is 2.32. The summed E-state index contributed by atoms with van der Waals surface area (Å²) in [5, 5.41) is 18.9. The van der Waals surface area contributed by atoms with E-state index in [0.717, 1.165) is 0 Å². The molecule has 0 bridgehead atoms. The summed E-state index contributed by atoms with van der Waals surface area (Å²) in [6.45, 7) is 1.63. The minimum absolute atomic E-state index is 0.142. The Hall–Kier alpha value is -0.0951. The molecule has 1 saturated heterocycles. The third-order valence-electron chi connectivity index (χ3n) is 2.58. The third-order valence-corrected chi connectivity index (χ3v) is 2.58.